The number of thiocarbonyl (C=S) groups is 1. The van der Waals surface area contributed by atoms with Crippen LogP contribution >= 0.6 is 24.0 Å². The number of benzene rings is 2. The molecule has 7 heteroatoms. The molecule has 1 saturated heterocycles. The molecule has 0 aliphatic carbocycles. The van der Waals surface area contributed by atoms with Crippen molar-refractivity contribution >= 4 is 46.3 Å². The van der Waals surface area contributed by atoms with Gasteiger partial charge in [-0.25, -0.2) is 0 Å². The van der Waals surface area contributed by atoms with Crippen molar-refractivity contribution in [1.82, 2.24) is 4.90 Å². The van der Waals surface area contributed by atoms with E-state index in [1.54, 1.807) is 7.11 Å². The Bertz CT molecular complexity index is 955. The Balaban J connectivity index is 1.87. The Morgan fingerprint density at radius 3 is 2.79 bits per heavy atom. The molecule has 0 saturated carbocycles. The molecular formula is C21H19NO4S2. The Kier molecular flexibility index (Phi) is 6.49. The van der Waals surface area contributed by atoms with Gasteiger partial charge in [0.1, 0.15) is 10.1 Å². The third kappa shape index (κ3) is 4.61. The summed E-state index contributed by atoms with van der Waals surface area (Å²) in [7, 11) is 1.63. The number of amides is 1. The van der Waals surface area contributed by atoms with E-state index in [0.29, 0.717) is 22.2 Å². The lowest BCUT2D eigenvalue weighted by Gasteiger charge is -2.13. The van der Waals surface area contributed by atoms with Crippen molar-refractivity contribution in [3.8, 4) is 16.9 Å². The zero-order chi connectivity index (χ0) is 20.1. The molecule has 1 aliphatic heterocycles. The first-order valence-electron chi connectivity index (χ1n) is 8.70. The van der Waals surface area contributed by atoms with Crippen molar-refractivity contribution in [2.24, 2.45) is 0 Å². The Morgan fingerprint density at radius 1 is 1.25 bits per heavy atom. The summed E-state index contributed by atoms with van der Waals surface area (Å²) in [6.07, 6.45) is 2.22. The first-order valence-corrected chi connectivity index (χ1v) is 9.92. The van der Waals surface area contributed by atoms with E-state index in [2.05, 4.69) is 0 Å². The van der Waals surface area contributed by atoms with Gasteiger partial charge in [-0.1, -0.05) is 60.4 Å². The van der Waals surface area contributed by atoms with Crippen LogP contribution in [0.2, 0.25) is 0 Å². The number of methoxy groups -OCH3 is 1. The summed E-state index contributed by atoms with van der Waals surface area (Å²) in [5.74, 6) is -0.300. The van der Waals surface area contributed by atoms with E-state index in [1.807, 2.05) is 54.6 Å². The predicted molar refractivity (Wildman–Crippen MR) is 115 cm³/mol. The molecule has 1 amide bonds. The summed E-state index contributed by atoms with van der Waals surface area (Å²) < 4.78 is 5.77. The number of hydrogen-bond acceptors (Lipinski definition) is 5. The minimum atomic E-state index is -0.881. The minimum Gasteiger partial charge on any atom is -0.497 e. The average molecular weight is 414 g/mol. The standard InChI is InChI=1S/C21H19NO4S2/c1-26-16-8-4-7-14(12-16)17-9-3-2-6-15(17)13-18-20(25)22(21(27)28-18)11-5-10-19(23)24/h2-4,6-9,12-13H,5,10-11H2,1H3,(H,23,24). The second-order valence-corrected chi connectivity index (χ2v) is 7.83. The van der Waals surface area contributed by atoms with Crippen LogP contribution in [0.5, 0.6) is 5.75 Å². The number of nitrogens with zero attached hydrogens (tertiary/aromatic N) is 1. The lowest BCUT2D eigenvalue weighted by molar-refractivity contribution is -0.137. The van der Waals surface area contributed by atoms with Gasteiger partial charge in [-0.15, -0.1) is 0 Å². The maximum absolute atomic E-state index is 12.7. The fourth-order valence-electron chi connectivity index (χ4n) is 2.90. The van der Waals surface area contributed by atoms with Gasteiger partial charge in [-0.2, -0.15) is 0 Å². The van der Waals surface area contributed by atoms with Gasteiger partial charge in [-0.05, 0) is 41.3 Å². The molecule has 2 aromatic carbocycles. The number of carboxylic acids is 1. The lowest BCUT2D eigenvalue weighted by Crippen LogP contribution is -2.29. The molecule has 28 heavy (non-hydrogen) atoms. The molecule has 1 heterocycles. The van der Waals surface area contributed by atoms with E-state index in [1.165, 1.54) is 16.7 Å². The van der Waals surface area contributed by atoms with E-state index >= 15 is 0 Å². The summed E-state index contributed by atoms with van der Waals surface area (Å²) in [6, 6.07) is 15.6. The zero-order valence-corrected chi connectivity index (χ0v) is 16.9. The molecule has 0 unspecified atom stereocenters. The third-order valence-electron chi connectivity index (χ3n) is 4.27. The number of carbonyl (C=O) groups is 2. The van der Waals surface area contributed by atoms with Gasteiger partial charge in [0.25, 0.3) is 5.91 Å². The molecule has 2 aromatic rings. The molecule has 144 valence electrons. The van der Waals surface area contributed by atoms with Gasteiger partial charge < -0.3 is 9.84 Å². The van der Waals surface area contributed by atoms with Crippen molar-refractivity contribution in [3.05, 3.63) is 59.0 Å². The van der Waals surface area contributed by atoms with Gasteiger partial charge in [-0.3, -0.25) is 14.5 Å². The topological polar surface area (TPSA) is 66.8 Å². The monoisotopic (exact) mass is 413 g/mol. The lowest BCUT2D eigenvalue weighted by atomic mass is 9.99. The Morgan fingerprint density at radius 2 is 2.04 bits per heavy atom. The van der Waals surface area contributed by atoms with Gasteiger partial charge >= 0.3 is 5.97 Å². The smallest absolute Gasteiger partial charge is 0.303 e. The maximum Gasteiger partial charge on any atom is 0.303 e. The molecule has 0 bridgehead atoms. The molecular weight excluding hydrogens is 394 g/mol. The van der Waals surface area contributed by atoms with Crippen molar-refractivity contribution in [1.29, 1.82) is 0 Å². The van der Waals surface area contributed by atoms with Gasteiger partial charge in [0.15, 0.2) is 0 Å². The molecule has 1 aliphatic rings. The number of aliphatic carboxylic acids is 1. The largest absolute Gasteiger partial charge is 0.497 e. The van der Waals surface area contributed by atoms with E-state index in [0.717, 1.165) is 22.4 Å². The highest BCUT2D eigenvalue weighted by molar-refractivity contribution is 8.26. The fourth-order valence-corrected chi connectivity index (χ4v) is 4.20. The van der Waals surface area contributed by atoms with Crippen molar-refractivity contribution in [2.75, 3.05) is 13.7 Å². The van der Waals surface area contributed by atoms with E-state index < -0.39 is 5.97 Å². The summed E-state index contributed by atoms with van der Waals surface area (Å²) in [4.78, 5) is 25.4. The number of rotatable bonds is 7. The van der Waals surface area contributed by atoms with Crippen LogP contribution in [0.25, 0.3) is 17.2 Å². The minimum absolute atomic E-state index is 0.00871. The van der Waals surface area contributed by atoms with Crippen LogP contribution in [-0.4, -0.2) is 39.9 Å². The normalized spacial score (nSPS) is 15.3. The van der Waals surface area contributed by atoms with Crippen molar-refractivity contribution < 1.29 is 19.4 Å². The van der Waals surface area contributed by atoms with Gasteiger partial charge in [0.05, 0.1) is 12.0 Å². The number of carbonyl (C=O) groups excluding carboxylic acids is 1. The van der Waals surface area contributed by atoms with Crippen LogP contribution in [0.3, 0.4) is 0 Å². The van der Waals surface area contributed by atoms with Crippen LogP contribution in [0, 0.1) is 0 Å². The SMILES string of the molecule is COc1cccc(-c2ccccc2C=C2SC(=S)N(CCCC(=O)O)C2=O)c1. The Hall–Kier alpha value is -2.64. The first-order chi connectivity index (χ1) is 13.5. The molecule has 1 N–H and O–H groups in total. The van der Waals surface area contributed by atoms with E-state index in [4.69, 9.17) is 22.1 Å². The average Bonchev–Trinajstić information content (AvgIpc) is 2.95. The predicted octanol–water partition coefficient (Wildman–Crippen LogP) is 4.43. The highest BCUT2D eigenvalue weighted by Crippen LogP contribution is 2.35. The molecule has 5 nitrogen and oxygen atoms in total. The first kappa shape index (κ1) is 20.1. The summed E-state index contributed by atoms with van der Waals surface area (Å²) in [6.45, 7) is 0.311. The molecule has 0 spiro atoms. The second-order valence-electron chi connectivity index (χ2n) is 6.15. The highest BCUT2D eigenvalue weighted by Gasteiger charge is 2.31. The molecule has 0 radical (unpaired) electrons. The van der Waals surface area contributed by atoms with Crippen LogP contribution in [0.15, 0.2) is 53.4 Å². The molecule has 0 aromatic heterocycles. The number of carboxylic acid groups (broad SMARTS) is 1. The quantitative estimate of drug-likeness (QED) is 0.535. The maximum atomic E-state index is 12.7. The van der Waals surface area contributed by atoms with E-state index in [9.17, 15) is 9.59 Å². The van der Waals surface area contributed by atoms with Gasteiger partial charge in [0, 0.05) is 13.0 Å². The van der Waals surface area contributed by atoms with Gasteiger partial charge in [0.2, 0.25) is 0 Å². The molecule has 0 atom stereocenters. The zero-order valence-electron chi connectivity index (χ0n) is 15.3. The summed E-state index contributed by atoms with van der Waals surface area (Å²) in [5.41, 5.74) is 2.88. The summed E-state index contributed by atoms with van der Waals surface area (Å²) >= 11 is 6.56. The van der Waals surface area contributed by atoms with Crippen LogP contribution in [0.1, 0.15) is 18.4 Å². The third-order valence-corrected chi connectivity index (χ3v) is 5.65. The molecule has 3 rings (SSSR count). The van der Waals surface area contributed by atoms with Crippen LogP contribution < -0.4 is 4.74 Å². The van der Waals surface area contributed by atoms with Crippen molar-refractivity contribution in [3.63, 3.8) is 0 Å². The molecule has 1 fully saturated rings. The summed E-state index contributed by atoms with van der Waals surface area (Å²) in [5, 5.41) is 8.78. The highest BCUT2D eigenvalue weighted by atomic mass is 32.2. The second kappa shape index (κ2) is 9.03. The fraction of sp³-hybridized carbons (Fsp3) is 0.190. The number of ether oxygens (including phenoxy) is 1. The van der Waals surface area contributed by atoms with Crippen molar-refractivity contribution in [2.45, 2.75) is 12.8 Å². The number of thioether (sulfide) groups is 1. The Labute approximate surface area is 173 Å². The van der Waals surface area contributed by atoms with E-state index in [-0.39, 0.29) is 12.3 Å². The van der Waals surface area contributed by atoms with Crippen LogP contribution in [0.4, 0.5) is 0 Å². The number of hydrogen-bond donors (Lipinski definition) is 1. The van der Waals surface area contributed by atoms with Crippen LogP contribution in [-0.2, 0) is 9.59 Å².